The minimum atomic E-state index is 0.161. The van der Waals surface area contributed by atoms with Crippen LogP contribution in [0, 0.1) is 0 Å². The standard InChI is InChI=1S/C13H17NO2/c1-10(2)16-12-3-4-13-11(9-12)5-6-14(13)7-8-15/h3-6,9-10,15H,7-8H2,1-2H3. The molecule has 1 aromatic carbocycles. The molecule has 1 N–H and O–H groups in total. The number of benzene rings is 1. The Hall–Kier alpha value is -1.48. The number of aliphatic hydroxyl groups is 1. The van der Waals surface area contributed by atoms with Crippen LogP contribution < -0.4 is 4.74 Å². The van der Waals surface area contributed by atoms with E-state index in [4.69, 9.17) is 9.84 Å². The molecule has 86 valence electrons. The molecule has 3 nitrogen and oxygen atoms in total. The van der Waals surface area contributed by atoms with Crippen molar-refractivity contribution in [3.63, 3.8) is 0 Å². The van der Waals surface area contributed by atoms with E-state index in [2.05, 4.69) is 0 Å². The van der Waals surface area contributed by atoms with Crippen LogP contribution in [0.3, 0.4) is 0 Å². The van der Waals surface area contributed by atoms with Gasteiger partial charge in [0.15, 0.2) is 0 Å². The van der Waals surface area contributed by atoms with Crippen molar-refractivity contribution in [1.29, 1.82) is 0 Å². The summed E-state index contributed by atoms with van der Waals surface area (Å²) in [5.41, 5.74) is 1.13. The Morgan fingerprint density at radius 1 is 1.31 bits per heavy atom. The molecule has 0 aliphatic rings. The first-order valence-corrected chi connectivity index (χ1v) is 5.57. The van der Waals surface area contributed by atoms with Crippen LogP contribution in [0.4, 0.5) is 0 Å². The minimum Gasteiger partial charge on any atom is -0.491 e. The summed E-state index contributed by atoms with van der Waals surface area (Å²) in [4.78, 5) is 0. The second kappa shape index (κ2) is 4.58. The summed E-state index contributed by atoms with van der Waals surface area (Å²) in [6, 6.07) is 8.07. The van der Waals surface area contributed by atoms with Gasteiger partial charge < -0.3 is 14.4 Å². The molecule has 1 aromatic heterocycles. The number of nitrogens with zero attached hydrogens (tertiary/aromatic N) is 1. The first kappa shape index (κ1) is 11.0. The first-order valence-electron chi connectivity index (χ1n) is 5.57. The maximum absolute atomic E-state index is 8.93. The number of fused-ring (bicyclic) bond motifs is 1. The molecule has 0 unspecified atom stereocenters. The molecule has 0 bridgehead atoms. The molecular weight excluding hydrogens is 202 g/mol. The summed E-state index contributed by atoms with van der Waals surface area (Å²) in [6.45, 7) is 4.82. The van der Waals surface area contributed by atoms with Crippen molar-refractivity contribution in [2.75, 3.05) is 6.61 Å². The van der Waals surface area contributed by atoms with Gasteiger partial charge in [-0.15, -0.1) is 0 Å². The Bertz CT molecular complexity index is 474. The quantitative estimate of drug-likeness (QED) is 0.857. The van der Waals surface area contributed by atoms with Crippen LogP contribution >= 0.6 is 0 Å². The molecule has 0 amide bonds. The first-order chi connectivity index (χ1) is 7.70. The highest BCUT2D eigenvalue weighted by Gasteiger charge is 2.03. The van der Waals surface area contributed by atoms with Crippen molar-refractivity contribution in [3.05, 3.63) is 30.5 Å². The zero-order valence-corrected chi connectivity index (χ0v) is 9.68. The zero-order chi connectivity index (χ0) is 11.5. The summed E-state index contributed by atoms with van der Waals surface area (Å²) >= 11 is 0. The highest BCUT2D eigenvalue weighted by atomic mass is 16.5. The molecule has 0 atom stereocenters. The molecule has 0 fully saturated rings. The molecule has 1 heterocycles. The predicted molar refractivity (Wildman–Crippen MR) is 64.8 cm³/mol. The predicted octanol–water partition coefficient (Wildman–Crippen LogP) is 2.42. The van der Waals surface area contributed by atoms with Crippen molar-refractivity contribution in [2.24, 2.45) is 0 Å². The molecule has 0 saturated heterocycles. The van der Waals surface area contributed by atoms with Crippen LogP contribution in [0.2, 0.25) is 0 Å². The highest BCUT2D eigenvalue weighted by Crippen LogP contribution is 2.22. The van der Waals surface area contributed by atoms with Crippen LogP contribution in [0.25, 0.3) is 10.9 Å². The highest BCUT2D eigenvalue weighted by molar-refractivity contribution is 5.81. The lowest BCUT2D eigenvalue weighted by atomic mass is 10.2. The third-order valence-electron chi connectivity index (χ3n) is 2.46. The van der Waals surface area contributed by atoms with E-state index in [0.717, 1.165) is 16.7 Å². The molecular formula is C13H17NO2. The molecule has 0 aliphatic heterocycles. The number of ether oxygens (including phenoxy) is 1. The van der Waals surface area contributed by atoms with Gasteiger partial charge in [0.05, 0.1) is 12.7 Å². The lowest BCUT2D eigenvalue weighted by Crippen LogP contribution is -2.05. The van der Waals surface area contributed by atoms with E-state index in [1.165, 1.54) is 0 Å². The number of hydrogen-bond donors (Lipinski definition) is 1. The van der Waals surface area contributed by atoms with Gasteiger partial charge in [0, 0.05) is 23.6 Å². The minimum absolute atomic E-state index is 0.161. The summed E-state index contributed by atoms with van der Waals surface area (Å²) in [6.07, 6.45) is 2.18. The topological polar surface area (TPSA) is 34.4 Å². The Morgan fingerprint density at radius 2 is 2.12 bits per heavy atom. The molecule has 0 radical (unpaired) electrons. The van der Waals surface area contributed by atoms with Crippen molar-refractivity contribution >= 4 is 10.9 Å². The third kappa shape index (κ3) is 2.19. The van der Waals surface area contributed by atoms with E-state index in [0.29, 0.717) is 6.54 Å². The fourth-order valence-electron chi connectivity index (χ4n) is 1.83. The molecule has 16 heavy (non-hydrogen) atoms. The smallest absolute Gasteiger partial charge is 0.120 e. The van der Waals surface area contributed by atoms with Gasteiger partial charge in [-0.05, 0) is 38.1 Å². The monoisotopic (exact) mass is 219 g/mol. The Kier molecular flexibility index (Phi) is 3.15. The van der Waals surface area contributed by atoms with E-state index in [1.54, 1.807) is 0 Å². The van der Waals surface area contributed by atoms with Gasteiger partial charge in [0.2, 0.25) is 0 Å². The van der Waals surface area contributed by atoms with E-state index in [-0.39, 0.29) is 12.7 Å². The molecule has 0 aliphatic carbocycles. The van der Waals surface area contributed by atoms with Crippen molar-refractivity contribution in [2.45, 2.75) is 26.5 Å². The van der Waals surface area contributed by atoms with Crippen LogP contribution in [-0.2, 0) is 6.54 Å². The number of hydrogen-bond acceptors (Lipinski definition) is 2. The summed E-state index contributed by atoms with van der Waals surface area (Å²) in [5.74, 6) is 0.893. The second-order valence-electron chi connectivity index (χ2n) is 4.12. The molecule has 0 saturated carbocycles. The SMILES string of the molecule is CC(C)Oc1ccc2c(ccn2CCO)c1. The maximum atomic E-state index is 8.93. The van der Waals surface area contributed by atoms with Gasteiger partial charge >= 0.3 is 0 Å². The van der Waals surface area contributed by atoms with E-state index in [1.807, 2.05) is 48.9 Å². The zero-order valence-electron chi connectivity index (χ0n) is 9.68. The number of rotatable bonds is 4. The maximum Gasteiger partial charge on any atom is 0.120 e. The van der Waals surface area contributed by atoms with Crippen LogP contribution in [0.5, 0.6) is 5.75 Å². The van der Waals surface area contributed by atoms with Crippen molar-refractivity contribution in [1.82, 2.24) is 4.57 Å². The Balaban J connectivity index is 2.33. The van der Waals surface area contributed by atoms with E-state index >= 15 is 0 Å². The fourth-order valence-corrected chi connectivity index (χ4v) is 1.83. The third-order valence-corrected chi connectivity index (χ3v) is 2.46. The van der Waals surface area contributed by atoms with Gasteiger partial charge in [0.1, 0.15) is 5.75 Å². The second-order valence-corrected chi connectivity index (χ2v) is 4.12. The number of aromatic nitrogens is 1. The largest absolute Gasteiger partial charge is 0.491 e. The normalized spacial score (nSPS) is 11.2. The van der Waals surface area contributed by atoms with Crippen molar-refractivity contribution in [3.8, 4) is 5.75 Å². The van der Waals surface area contributed by atoms with E-state index < -0.39 is 0 Å². The van der Waals surface area contributed by atoms with E-state index in [9.17, 15) is 0 Å². The lowest BCUT2D eigenvalue weighted by Gasteiger charge is -2.10. The fraction of sp³-hybridized carbons (Fsp3) is 0.385. The summed E-state index contributed by atoms with van der Waals surface area (Å²) in [5, 5.41) is 10.1. The molecule has 0 spiro atoms. The van der Waals surface area contributed by atoms with Crippen molar-refractivity contribution < 1.29 is 9.84 Å². The van der Waals surface area contributed by atoms with Crippen LogP contribution in [0.15, 0.2) is 30.5 Å². The number of aliphatic hydroxyl groups excluding tert-OH is 1. The summed E-state index contributed by atoms with van der Waals surface area (Å²) < 4.78 is 7.67. The summed E-state index contributed by atoms with van der Waals surface area (Å²) in [7, 11) is 0. The lowest BCUT2D eigenvalue weighted by molar-refractivity contribution is 0.243. The average Bonchev–Trinajstić information content (AvgIpc) is 2.61. The van der Waals surface area contributed by atoms with Gasteiger partial charge in [-0.2, -0.15) is 0 Å². The Morgan fingerprint density at radius 3 is 2.81 bits per heavy atom. The molecule has 2 aromatic rings. The van der Waals surface area contributed by atoms with Gasteiger partial charge in [-0.1, -0.05) is 0 Å². The van der Waals surface area contributed by atoms with Gasteiger partial charge in [-0.3, -0.25) is 0 Å². The van der Waals surface area contributed by atoms with Gasteiger partial charge in [-0.25, -0.2) is 0 Å². The van der Waals surface area contributed by atoms with Gasteiger partial charge in [0.25, 0.3) is 0 Å². The average molecular weight is 219 g/mol. The molecule has 2 rings (SSSR count). The molecule has 3 heteroatoms. The van der Waals surface area contributed by atoms with Crippen LogP contribution in [0.1, 0.15) is 13.8 Å². The van der Waals surface area contributed by atoms with Crippen LogP contribution in [-0.4, -0.2) is 22.4 Å². The Labute approximate surface area is 95.3 Å².